The quantitative estimate of drug-likeness (QED) is 0.722. The molecule has 0 spiro atoms. The molecule has 1 N–H and O–H groups in total. The van der Waals surface area contributed by atoms with Crippen molar-refractivity contribution in [3.63, 3.8) is 0 Å². The maximum absolute atomic E-state index is 12.2. The first-order valence-corrected chi connectivity index (χ1v) is 9.27. The average molecular weight is 365 g/mol. The van der Waals surface area contributed by atoms with Crippen molar-refractivity contribution in [2.24, 2.45) is 0 Å². The summed E-state index contributed by atoms with van der Waals surface area (Å²) in [7, 11) is 0. The summed E-state index contributed by atoms with van der Waals surface area (Å²) in [5, 5.41) is 2.93. The van der Waals surface area contributed by atoms with Crippen LogP contribution in [0.25, 0.3) is 11.0 Å². The number of fused-ring (bicyclic) bond motifs is 1. The van der Waals surface area contributed by atoms with Crippen LogP contribution in [0.4, 0.5) is 0 Å². The molecule has 0 aliphatic carbocycles. The van der Waals surface area contributed by atoms with Crippen LogP contribution in [0, 0.1) is 6.92 Å². The van der Waals surface area contributed by atoms with Gasteiger partial charge in [-0.1, -0.05) is 51.1 Å². The lowest BCUT2D eigenvalue weighted by Gasteiger charge is -2.22. The normalized spacial score (nSPS) is 11.6. The summed E-state index contributed by atoms with van der Waals surface area (Å²) in [6, 6.07) is 15.9. The molecule has 3 rings (SSSR count). The fraction of sp³-hybridized carbons (Fsp3) is 0.364. The van der Waals surface area contributed by atoms with Crippen molar-refractivity contribution in [2.75, 3.05) is 13.2 Å². The van der Waals surface area contributed by atoms with E-state index >= 15 is 0 Å². The second-order valence-electron chi connectivity index (χ2n) is 7.68. The van der Waals surface area contributed by atoms with Crippen molar-refractivity contribution in [3.8, 4) is 5.75 Å². The summed E-state index contributed by atoms with van der Waals surface area (Å²) in [5.74, 6) is 1.58. The highest BCUT2D eigenvalue weighted by atomic mass is 16.5. The van der Waals surface area contributed by atoms with Crippen LogP contribution < -0.4 is 10.1 Å². The van der Waals surface area contributed by atoms with E-state index in [1.54, 1.807) is 0 Å². The molecule has 5 nitrogen and oxygen atoms in total. The number of hydrogen-bond acceptors (Lipinski definition) is 3. The molecule has 0 aliphatic rings. The van der Waals surface area contributed by atoms with E-state index in [0.717, 1.165) is 28.2 Å². The molecule has 0 saturated carbocycles. The standard InChI is InChI=1S/C22H27N3O2/c1-16-24-18-10-6-7-11-19(18)25(16)14-13-23-21(26)15-27-20-12-8-5-9-17(20)22(2,3)4/h5-12H,13-15H2,1-4H3,(H,23,26). The lowest BCUT2D eigenvalue weighted by Crippen LogP contribution is -2.32. The number of carbonyl (C=O) groups excluding carboxylic acids is 1. The molecule has 1 aromatic heterocycles. The van der Waals surface area contributed by atoms with Gasteiger partial charge in [0.2, 0.25) is 0 Å². The Morgan fingerprint density at radius 2 is 1.81 bits per heavy atom. The van der Waals surface area contributed by atoms with Crippen LogP contribution in [0.2, 0.25) is 0 Å². The van der Waals surface area contributed by atoms with E-state index in [1.165, 1.54) is 0 Å². The molecule has 1 heterocycles. The van der Waals surface area contributed by atoms with Crippen molar-refractivity contribution in [3.05, 3.63) is 59.9 Å². The monoisotopic (exact) mass is 365 g/mol. The minimum Gasteiger partial charge on any atom is -0.483 e. The summed E-state index contributed by atoms with van der Waals surface area (Å²) in [4.78, 5) is 16.7. The number of benzene rings is 2. The maximum Gasteiger partial charge on any atom is 0.258 e. The van der Waals surface area contributed by atoms with Gasteiger partial charge in [0.05, 0.1) is 11.0 Å². The number of ether oxygens (including phenoxy) is 1. The van der Waals surface area contributed by atoms with Crippen molar-refractivity contribution in [2.45, 2.75) is 39.7 Å². The minimum atomic E-state index is -0.124. The average Bonchev–Trinajstić information content (AvgIpc) is 2.95. The van der Waals surface area contributed by atoms with Gasteiger partial charge < -0.3 is 14.6 Å². The predicted octanol–water partition coefficient (Wildman–Crippen LogP) is 3.84. The number of carbonyl (C=O) groups is 1. The third-order valence-corrected chi connectivity index (χ3v) is 4.56. The number of nitrogens with one attached hydrogen (secondary N) is 1. The smallest absolute Gasteiger partial charge is 0.258 e. The van der Waals surface area contributed by atoms with Gasteiger partial charge >= 0.3 is 0 Å². The number of aryl methyl sites for hydroxylation is 1. The summed E-state index contributed by atoms with van der Waals surface area (Å²) in [6.45, 7) is 9.60. The number of aromatic nitrogens is 2. The third kappa shape index (κ3) is 4.48. The van der Waals surface area contributed by atoms with Crippen LogP contribution in [0.5, 0.6) is 5.75 Å². The Hall–Kier alpha value is -2.82. The second kappa shape index (κ2) is 7.82. The highest BCUT2D eigenvalue weighted by molar-refractivity contribution is 5.78. The van der Waals surface area contributed by atoms with Crippen LogP contribution in [0.15, 0.2) is 48.5 Å². The van der Waals surface area contributed by atoms with Gasteiger partial charge in [-0.05, 0) is 36.1 Å². The van der Waals surface area contributed by atoms with Gasteiger partial charge in [0.1, 0.15) is 11.6 Å². The van der Waals surface area contributed by atoms with Gasteiger partial charge in [-0.2, -0.15) is 0 Å². The van der Waals surface area contributed by atoms with Crippen LogP contribution in [0.3, 0.4) is 0 Å². The Balaban J connectivity index is 1.54. The zero-order chi connectivity index (χ0) is 19.4. The molecule has 5 heteroatoms. The van der Waals surface area contributed by atoms with Gasteiger partial charge in [0.25, 0.3) is 5.91 Å². The topological polar surface area (TPSA) is 56.2 Å². The Bertz CT molecular complexity index is 938. The molecule has 27 heavy (non-hydrogen) atoms. The van der Waals surface area contributed by atoms with Gasteiger partial charge in [0, 0.05) is 13.1 Å². The molecule has 0 unspecified atom stereocenters. The second-order valence-corrected chi connectivity index (χ2v) is 7.68. The van der Waals surface area contributed by atoms with Crippen molar-refractivity contribution in [1.82, 2.24) is 14.9 Å². The van der Waals surface area contributed by atoms with Crippen molar-refractivity contribution in [1.29, 1.82) is 0 Å². The van der Waals surface area contributed by atoms with Crippen molar-refractivity contribution >= 4 is 16.9 Å². The SMILES string of the molecule is Cc1nc2ccccc2n1CCNC(=O)COc1ccccc1C(C)(C)C. The first kappa shape index (κ1) is 19.0. The molecule has 0 bridgehead atoms. The molecule has 1 amide bonds. The van der Waals surface area contributed by atoms with Crippen LogP contribution in [-0.2, 0) is 16.8 Å². The highest BCUT2D eigenvalue weighted by Crippen LogP contribution is 2.30. The number of rotatable bonds is 6. The third-order valence-electron chi connectivity index (χ3n) is 4.56. The predicted molar refractivity (Wildman–Crippen MR) is 108 cm³/mol. The lowest BCUT2D eigenvalue weighted by molar-refractivity contribution is -0.123. The van der Waals surface area contributed by atoms with E-state index in [9.17, 15) is 4.79 Å². The van der Waals surface area contributed by atoms with E-state index < -0.39 is 0 Å². The molecule has 0 saturated heterocycles. The number of hydrogen-bond donors (Lipinski definition) is 1. The first-order chi connectivity index (χ1) is 12.9. The van der Waals surface area contributed by atoms with Gasteiger partial charge in [-0.3, -0.25) is 4.79 Å². The summed E-state index contributed by atoms with van der Waals surface area (Å²) >= 11 is 0. The zero-order valence-corrected chi connectivity index (χ0v) is 16.5. The number of para-hydroxylation sites is 3. The lowest BCUT2D eigenvalue weighted by atomic mass is 9.86. The molecular formula is C22H27N3O2. The molecule has 0 aliphatic heterocycles. The highest BCUT2D eigenvalue weighted by Gasteiger charge is 2.18. The van der Waals surface area contributed by atoms with Gasteiger partial charge in [0.15, 0.2) is 6.61 Å². The van der Waals surface area contributed by atoms with E-state index in [-0.39, 0.29) is 17.9 Å². The van der Waals surface area contributed by atoms with E-state index in [0.29, 0.717) is 13.1 Å². The Kier molecular flexibility index (Phi) is 5.49. The molecular weight excluding hydrogens is 338 g/mol. The van der Waals surface area contributed by atoms with Crippen molar-refractivity contribution < 1.29 is 9.53 Å². The number of amides is 1. The molecule has 3 aromatic rings. The first-order valence-electron chi connectivity index (χ1n) is 9.27. The van der Waals surface area contributed by atoms with E-state index in [1.807, 2.05) is 55.5 Å². The molecule has 2 aromatic carbocycles. The molecule has 142 valence electrons. The fourth-order valence-corrected chi connectivity index (χ4v) is 3.19. The Labute approximate surface area is 160 Å². The van der Waals surface area contributed by atoms with Crippen LogP contribution in [0.1, 0.15) is 32.2 Å². The van der Waals surface area contributed by atoms with E-state index in [2.05, 4.69) is 35.6 Å². The Morgan fingerprint density at radius 1 is 1.11 bits per heavy atom. The number of imidazole rings is 1. The van der Waals surface area contributed by atoms with Crippen LogP contribution >= 0.6 is 0 Å². The largest absolute Gasteiger partial charge is 0.483 e. The van der Waals surface area contributed by atoms with Crippen LogP contribution in [-0.4, -0.2) is 28.6 Å². The fourth-order valence-electron chi connectivity index (χ4n) is 3.19. The Morgan fingerprint density at radius 3 is 2.59 bits per heavy atom. The maximum atomic E-state index is 12.2. The molecule has 0 fully saturated rings. The van der Waals surface area contributed by atoms with E-state index in [4.69, 9.17) is 4.74 Å². The molecule has 0 atom stereocenters. The van der Waals surface area contributed by atoms with Gasteiger partial charge in [-0.25, -0.2) is 4.98 Å². The zero-order valence-electron chi connectivity index (χ0n) is 16.5. The summed E-state index contributed by atoms with van der Waals surface area (Å²) in [5.41, 5.74) is 3.12. The summed E-state index contributed by atoms with van der Waals surface area (Å²) < 4.78 is 7.89. The van der Waals surface area contributed by atoms with Gasteiger partial charge in [-0.15, -0.1) is 0 Å². The molecule has 0 radical (unpaired) electrons. The minimum absolute atomic E-state index is 0.0107. The number of nitrogens with zero attached hydrogens (tertiary/aromatic N) is 2. The summed E-state index contributed by atoms with van der Waals surface area (Å²) in [6.07, 6.45) is 0.